The third-order valence-electron chi connectivity index (χ3n) is 1.68. The highest BCUT2D eigenvalue weighted by Gasteiger charge is 2.11. The van der Waals surface area contributed by atoms with E-state index in [2.05, 4.69) is 9.98 Å². The van der Waals surface area contributed by atoms with Crippen molar-refractivity contribution in [2.24, 2.45) is 4.99 Å². The normalized spacial score (nSPS) is 14.6. The molecule has 1 aromatic rings. The Labute approximate surface area is 74.1 Å². The molecule has 0 saturated heterocycles. The molecule has 1 aliphatic heterocycles. The fourth-order valence-electron chi connectivity index (χ4n) is 1.09. The number of carbonyl (C=O) groups excluding carboxylic acids is 1. The summed E-state index contributed by atoms with van der Waals surface area (Å²) in [5.74, 6) is -0.133. The lowest BCUT2D eigenvalue weighted by Crippen LogP contribution is -2.09. The average molecular weight is 181 g/mol. The molecular weight excluding hydrogens is 176 g/mol. The van der Waals surface area contributed by atoms with E-state index in [1.807, 2.05) is 0 Å². The van der Waals surface area contributed by atoms with Crippen LogP contribution in [0.1, 0.15) is 11.1 Å². The maximum absolute atomic E-state index is 10.9. The van der Waals surface area contributed by atoms with Gasteiger partial charge in [0.25, 0.3) is 0 Å². The van der Waals surface area contributed by atoms with E-state index in [4.69, 9.17) is 11.6 Å². The first-order valence-electron chi connectivity index (χ1n) is 3.47. The molecule has 0 atom stereocenters. The summed E-state index contributed by atoms with van der Waals surface area (Å²) in [6.45, 7) is 0. The zero-order valence-corrected chi connectivity index (χ0v) is 6.88. The Morgan fingerprint density at radius 1 is 1.50 bits per heavy atom. The van der Waals surface area contributed by atoms with Gasteiger partial charge < -0.3 is 0 Å². The summed E-state index contributed by atoms with van der Waals surface area (Å²) >= 11 is 5.66. The third-order valence-corrected chi connectivity index (χ3v) is 1.89. The summed E-state index contributed by atoms with van der Waals surface area (Å²) in [5, 5.41) is 0.426. The summed E-state index contributed by atoms with van der Waals surface area (Å²) in [6, 6.07) is 1.70. The molecule has 1 amide bonds. The molecule has 1 aliphatic rings. The summed E-state index contributed by atoms with van der Waals surface area (Å²) in [6.07, 6.45) is 3.46. The molecule has 0 unspecified atom stereocenters. The highest BCUT2D eigenvalue weighted by molar-refractivity contribution is 6.29. The molecule has 1 aromatic heterocycles. The maximum atomic E-state index is 10.9. The van der Waals surface area contributed by atoms with E-state index >= 15 is 0 Å². The topological polar surface area (TPSA) is 42.3 Å². The SMILES string of the molecule is O=C1Cc2cnc(Cl)cc2C=N1. The van der Waals surface area contributed by atoms with Gasteiger partial charge in [-0.25, -0.2) is 9.98 Å². The largest absolute Gasteiger partial charge is 0.272 e. The van der Waals surface area contributed by atoms with Gasteiger partial charge in [-0.05, 0) is 11.6 Å². The second-order valence-corrected chi connectivity index (χ2v) is 2.92. The van der Waals surface area contributed by atoms with Crippen molar-refractivity contribution in [2.75, 3.05) is 0 Å². The van der Waals surface area contributed by atoms with Crippen LogP contribution < -0.4 is 0 Å². The first kappa shape index (κ1) is 7.43. The highest BCUT2D eigenvalue weighted by atomic mass is 35.5. The second kappa shape index (κ2) is 2.68. The minimum atomic E-state index is -0.133. The van der Waals surface area contributed by atoms with E-state index < -0.39 is 0 Å². The van der Waals surface area contributed by atoms with Crippen LogP contribution in [0.25, 0.3) is 0 Å². The van der Waals surface area contributed by atoms with E-state index in [9.17, 15) is 4.79 Å². The quantitative estimate of drug-likeness (QED) is 0.564. The monoisotopic (exact) mass is 180 g/mol. The zero-order chi connectivity index (χ0) is 8.55. The van der Waals surface area contributed by atoms with Crippen LogP contribution >= 0.6 is 11.6 Å². The Bertz CT molecular complexity index is 373. The summed E-state index contributed by atoms with van der Waals surface area (Å²) in [5.41, 5.74) is 1.77. The Hall–Kier alpha value is -1.22. The Morgan fingerprint density at radius 2 is 2.33 bits per heavy atom. The van der Waals surface area contributed by atoms with E-state index in [1.54, 1.807) is 12.3 Å². The van der Waals surface area contributed by atoms with Crippen LogP contribution in [0.5, 0.6) is 0 Å². The summed E-state index contributed by atoms with van der Waals surface area (Å²) in [4.78, 5) is 18.4. The summed E-state index contributed by atoms with van der Waals surface area (Å²) in [7, 11) is 0. The smallest absolute Gasteiger partial charge is 0.250 e. The van der Waals surface area contributed by atoms with E-state index in [1.165, 1.54) is 6.21 Å². The first-order valence-corrected chi connectivity index (χ1v) is 3.85. The molecule has 3 nitrogen and oxygen atoms in total. The van der Waals surface area contributed by atoms with Gasteiger partial charge in [0.1, 0.15) is 5.15 Å². The molecule has 4 heteroatoms. The van der Waals surface area contributed by atoms with Gasteiger partial charge in [-0.3, -0.25) is 4.79 Å². The maximum Gasteiger partial charge on any atom is 0.250 e. The molecule has 0 aromatic carbocycles. The lowest BCUT2D eigenvalue weighted by atomic mass is 10.1. The predicted octanol–water partition coefficient (Wildman–Crippen LogP) is 1.24. The Balaban J connectivity index is 2.54. The number of carbonyl (C=O) groups is 1. The molecule has 12 heavy (non-hydrogen) atoms. The number of aromatic nitrogens is 1. The highest BCUT2D eigenvalue weighted by Crippen LogP contribution is 2.15. The Morgan fingerprint density at radius 3 is 3.17 bits per heavy atom. The van der Waals surface area contributed by atoms with E-state index in [0.717, 1.165) is 11.1 Å². The van der Waals surface area contributed by atoms with Crippen molar-refractivity contribution in [3.63, 3.8) is 0 Å². The number of fused-ring (bicyclic) bond motifs is 1. The third kappa shape index (κ3) is 1.23. The lowest BCUT2D eigenvalue weighted by molar-refractivity contribution is -0.117. The molecule has 0 radical (unpaired) electrons. The molecule has 0 N–H and O–H groups in total. The van der Waals surface area contributed by atoms with Crippen LogP contribution in [0.4, 0.5) is 0 Å². The number of nitrogens with zero attached hydrogens (tertiary/aromatic N) is 2. The van der Waals surface area contributed by atoms with Crippen molar-refractivity contribution in [1.82, 2.24) is 4.98 Å². The van der Waals surface area contributed by atoms with Gasteiger partial charge in [0.15, 0.2) is 0 Å². The van der Waals surface area contributed by atoms with Gasteiger partial charge in [0.05, 0.1) is 6.42 Å². The van der Waals surface area contributed by atoms with Gasteiger partial charge in [0.2, 0.25) is 5.91 Å². The number of hydrogen-bond acceptors (Lipinski definition) is 2. The fourth-order valence-corrected chi connectivity index (χ4v) is 1.26. The van der Waals surface area contributed by atoms with Crippen LogP contribution in [0.15, 0.2) is 17.3 Å². The van der Waals surface area contributed by atoms with Crippen LogP contribution in [0, 0.1) is 0 Å². The molecule has 2 rings (SSSR count). The number of pyridine rings is 1. The van der Waals surface area contributed by atoms with Crippen LogP contribution in [0.3, 0.4) is 0 Å². The fraction of sp³-hybridized carbons (Fsp3) is 0.125. The molecule has 0 fully saturated rings. The average Bonchev–Trinajstić information content (AvgIpc) is 2.05. The van der Waals surface area contributed by atoms with Crippen molar-refractivity contribution >= 4 is 23.7 Å². The Kier molecular flexibility index (Phi) is 1.66. The van der Waals surface area contributed by atoms with E-state index in [0.29, 0.717) is 11.6 Å². The number of amides is 1. The van der Waals surface area contributed by atoms with Crippen molar-refractivity contribution in [3.8, 4) is 0 Å². The lowest BCUT2D eigenvalue weighted by Gasteiger charge is -2.06. The molecule has 0 spiro atoms. The number of hydrogen-bond donors (Lipinski definition) is 0. The minimum Gasteiger partial charge on any atom is -0.272 e. The van der Waals surface area contributed by atoms with E-state index in [-0.39, 0.29) is 5.91 Å². The molecule has 60 valence electrons. The van der Waals surface area contributed by atoms with Crippen molar-refractivity contribution in [3.05, 3.63) is 28.5 Å². The second-order valence-electron chi connectivity index (χ2n) is 2.53. The molecule has 2 heterocycles. The van der Waals surface area contributed by atoms with Crippen molar-refractivity contribution in [1.29, 1.82) is 0 Å². The van der Waals surface area contributed by atoms with Crippen molar-refractivity contribution < 1.29 is 4.79 Å². The molecular formula is C8H5ClN2O. The van der Waals surface area contributed by atoms with Crippen LogP contribution in [-0.4, -0.2) is 17.1 Å². The summed E-state index contributed by atoms with van der Waals surface area (Å²) < 4.78 is 0. The molecule has 0 aliphatic carbocycles. The van der Waals surface area contributed by atoms with Gasteiger partial charge in [0, 0.05) is 18.0 Å². The zero-order valence-electron chi connectivity index (χ0n) is 6.12. The molecule has 0 saturated carbocycles. The van der Waals surface area contributed by atoms with Gasteiger partial charge >= 0.3 is 0 Å². The van der Waals surface area contributed by atoms with Gasteiger partial charge in [-0.1, -0.05) is 11.6 Å². The molecule has 0 bridgehead atoms. The standard InChI is InChI=1S/C8H5ClN2O/c9-7-1-5-4-11-8(12)2-6(5)3-10-7/h1,3-4H,2H2. The minimum absolute atomic E-state index is 0.133. The van der Waals surface area contributed by atoms with Crippen LogP contribution in [0.2, 0.25) is 5.15 Å². The first-order chi connectivity index (χ1) is 5.75. The van der Waals surface area contributed by atoms with Gasteiger partial charge in [-0.2, -0.15) is 0 Å². The van der Waals surface area contributed by atoms with Gasteiger partial charge in [-0.15, -0.1) is 0 Å². The number of rotatable bonds is 0. The van der Waals surface area contributed by atoms with Crippen LogP contribution in [-0.2, 0) is 11.2 Å². The predicted molar refractivity (Wildman–Crippen MR) is 45.6 cm³/mol. The number of aliphatic imine (C=N–C) groups is 1. The van der Waals surface area contributed by atoms with Crippen molar-refractivity contribution in [2.45, 2.75) is 6.42 Å². The number of halogens is 1.